The first-order valence-corrected chi connectivity index (χ1v) is 12.0. The van der Waals surface area contributed by atoms with Crippen LogP contribution < -0.4 is 4.74 Å². The number of rotatable bonds is 5. The lowest BCUT2D eigenvalue weighted by atomic mass is 9.55. The zero-order chi connectivity index (χ0) is 22.3. The summed E-state index contributed by atoms with van der Waals surface area (Å²) in [4.78, 5) is 26.6. The number of benzene rings is 1. The number of ketones is 1. The van der Waals surface area contributed by atoms with Gasteiger partial charge in [0.05, 0.1) is 0 Å². The van der Waals surface area contributed by atoms with E-state index in [0.717, 1.165) is 36.8 Å². The van der Waals surface area contributed by atoms with E-state index in [-0.39, 0.29) is 46.5 Å². The molecule has 0 unspecified atom stereocenters. The lowest BCUT2D eigenvalue weighted by Crippen LogP contribution is -2.44. The summed E-state index contributed by atoms with van der Waals surface area (Å²) in [5.41, 5.74) is 1.55. The van der Waals surface area contributed by atoms with E-state index < -0.39 is 12.2 Å². The minimum absolute atomic E-state index is 0.0610. The van der Waals surface area contributed by atoms with Gasteiger partial charge in [-0.2, -0.15) is 0 Å². The van der Waals surface area contributed by atoms with Gasteiger partial charge >= 0.3 is 6.09 Å². The molecule has 4 rings (SSSR count). The highest BCUT2D eigenvalue weighted by atomic mass is 35.5. The van der Waals surface area contributed by atoms with E-state index in [4.69, 9.17) is 27.9 Å². The second-order valence-corrected chi connectivity index (χ2v) is 10.0. The Morgan fingerprint density at radius 2 is 1.97 bits per heavy atom. The molecule has 5 atom stereocenters. The number of phenolic OH excluding ortho intramolecular Hbond substituents is 1. The summed E-state index contributed by atoms with van der Waals surface area (Å²) in [6.07, 6.45) is 2.14. The number of aliphatic hydroxyl groups excluding tert-OH is 1. The number of amides is 1. The summed E-state index contributed by atoms with van der Waals surface area (Å²) in [5.74, 6) is 1.38. The number of ether oxygens (including phenoxy) is 1. The fraction of sp³-hybridized carbons (Fsp3) is 0.652. The molecule has 2 fully saturated rings. The number of phenols is 1. The van der Waals surface area contributed by atoms with E-state index in [0.29, 0.717) is 25.3 Å². The maximum Gasteiger partial charge on any atom is 0.415 e. The summed E-state index contributed by atoms with van der Waals surface area (Å²) in [6.45, 7) is 2.67. The maximum absolute atomic E-state index is 12.8. The lowest BCUT2D eigenvalue weighted by molar-refractivity contribution is -0.128. The van der Waals surface area contributed by atoms with Crippen molar-refractivity contribution >= 4 is 35.1 Å². The van der Waals surface area contributed by atoms with Crippen molar-refractivity contribution < 1.29 is 24.5 Å². The average molecular weight is 470 g/mol. The van der Waals surface area contributed by atoms with Gasteiger partial charge < -0.3 is 19.8 Å². The molecule has 1 aromatic carbocycles. The third kappa shape index (κ3) is 3.91. The Labute approximate surface area is 192 Å². The highest BCUT2D eigenvalue weighted by Crippen LogP contribution is 2.61. The van der Waals surface area contributed by atoms with Gasteiger partial charge in [-0.05, 0) is 55.1 Å². The minimum Gasteiger partial charge on any atom is -0.508 e. The van der Waals surface area contributed by atoms with E-state index in [1.807, 2.05) is 6.92 Å². The normalized spacial score (nSPS) is 31.5. The average Bonchev–Trinajstić information content (AvgIpc) is 2.97. The Kier molecular flexibility index (Phi) is 6.44. The van der Waals surface area contributed by atoms with Crippen LogP contribution in [0.15, 0.2) is 12.1 Å². The van der Waals surface area contributed by atoms with Crippen molar-refractivity contribution in [2.45, 2.75) is 51.0 Å². The van der Waals surface area contributed by atoms with Crippen LogP contribution in [0.5, 0.6) is 11.5 Å². The molecule has 3 aliphatic rings. The molecule has 0 aliphatic heterocycles. The Morgan fingerprint density at radius 3 is 2.65 bits per heavy atom. The molecule has 6 nitrogen and oxygen atoms in total. The highest BCUT2D eigenvalue weighted by Gasteiger charge is 2.58. The third-order valence-corrected chi connectivity index (χ3v) is 8.06. The molecule has 31 heavy (non-hydrogen) atoms. The van der Waals surface area contributed by atoms with Crippen molar-refractivity contribution in [1.29, 1.82) is 0 Å². The number of alkyl halides is 2. The first-order valence-electron chi connectivity index (χ1n) is 11.0. The number of hydrogen-bond donors (Lipinski definition) is 2. The summed E-state index contributed by atoms with van der Waals surface area (Å²) >= 11 is 11.6. The van der Waals surface area contributed by atoms with E-state index in [9.17, 15) is 19.8 Å². The van der Waals surface area contributed by atoms with Gasteiger partial charge in [0.1, 0.15) is 17.6 Å². The molecule has 1 amide bonds. The summed E-state index contributed by atoms with van der Waals surface area (Å²) in [6, 6.07) is 3.25. The molecule has 1 aromatic rings. The zero-order valence-corrected chi connectivity index (χ0v) is 19.2. The van der Waals surface area contributed by atoms with Crippen LogP contribution in [0, 0.1) is 17.3 Å². The van der Waals surface area contributed by atoms with Crippen LogP contribution in [-0.2, 0) is 11.2 Å². The Morgan fingerprint density at radius 1 is 1.26 bits per heavy atom. The van der Waals surface area contributed by atoms with Crippen molar-refractivity contribution in [2.75, 3.05) is 24.8 Å². The molecular weight excluding hydrogens is 441 g/mol. The number of Topliss-reactive ketones (excluding diaryl/α,β-unsaturated/α-hetero) is 1. The number of carbonyl (C=O) groups is 2. The number of hydrogen-bond acceptors (Lipinski definition) is 5. The number of aryl methyl sites for hydroxylation is 1. The quantitative estimate of drug-likeness (QED) is 0.634. The Bertz CT molecular complexity index is 872. The molecule has 2 saturated carbocycles. The molecule has 0 aromatic heterocycles. The Balaban J connectivity index is 1.66. The zero-order valence-electron chi connectivity index (χ0n) is 17.7. The maximum atomic E-state index is 12.8. The van der Waals surface area contributed by atoms with E-state index in [1.54, 1.807) is 6.07 Å². The second-order valence-electron chi connectivity index (χ2n) is 9.28. The minimum atomic E-state index is -0.892. The SMILES string of the molecule is C[C@]12CC[C@@H]3c4c(cc(O)cc4OC(=O)N(CCCl)CCCl)CC[C@@H]3[C@@H]1CC(=O)[C@H]2O. The van der Waals surface area contributed by atoms with Crippen LogP contribution in [0.2, 0.25) is 0 Å². The number of aliphatic hydroxyl groups is 1. The van der Waals surface area contributed by atoms with Crippen molar-refractivity contribution in [3.05, 3.63) is 23.3 Å². The lowest BCUT2D eigenvalue weighted by Gasteiger charge is -2.49. The number of halogens is 2. The highest BCUT2D eigenvalue weighted by molar-refractivity contribution is 6.18. The molecule has 3 aliphatic carbocycles. The number of aromatic hydroxyl groups is 1. The molecular formula is C23H29Cl2NO5. The number of nitrogens with zero attached hydrogens (tertiary/aromatic N) is 1. The van der Waals surface area contributed by atoms with Crippen LogP contribution in [-0.4, -0.2) is 57.9 Å². The van der Waals surface area contributed by atoms with Gasteiger partial charge in [-0.15, -0.1) is 23.2 Å². The predicted molar refractivity (Wildman–Crippen MR) is 118 cm³/mol. The van der Waals surface area contributed by atoms with Gasteiger partial charge in [0.25, 0.3) is 0 Å². The van der Waals surface area contributed by atoms with E-state index in [1.165, 1.54) is 11.0 Å². The second kappa shape index (κ2) is 8.80. The molecule has 0 radical (unpaired) electrons. The predicted octanol–water partition coefficient (Wildman–Crippen LogP) is 4.07. The van der Waals surface area contributed by atoms with Crippen molar-refractivity contribution in [3.8, 4) is 11.5 Å². The topological polar surface area (TPSA) is 87.1 Å². The first kappa shape index (κ1) is 22.7. The molecule has 0 bridgehead atoms. The number of fused-ring (bicyclic) bond motifs is 5. The van der Waals surface area contributed by atoms with Crippen LogP contribution >= 0.6 is 23.2 Å². The van der Waals surface area contributed by atoms with Gasteiger partial charge in [-0.3, -0.25) is 4.79 Å². The van der Waals surface area contributed by atoms with Crippen LogP contribution in [0.4, 0.5) is 4.79 Å². The molecule has 170 valence electrons. The van der Waals surface area contributed by atoms with Crippen LogP contribution in [0.25, 0.3) is 0 Å². The van der Waals surface area contributed by atoms with Gasteiger partial charge in [0.15, 0.2) is 5.78 Å². The van der Waals surface area contributed by atoms with Crippen LogP contribution in [0.3, 0.4) is 0 Å². The van der Waals surface area contributed by atoms with Gasteiger partial charge in [-0.25, -0.2) is 4.79 Å². The summed E-state index contributed by atoms with van der Waals surface area (Å²) in [7, 11) is 0. The van der Waals surface area contributed by atoms with E-state index in [2.05, 4.69) is 0 Å². The van der Waals surface area contributed by atoms with Crippen molar-refractivity contribution in [1.82, 2.24) is 4.90 Å². The summed E-state index contributed by atoms with van der Waals surface area (Å²) in [5, 5.41) is 20.8. The standard InChI is InChI=1S/C23H29Cl2NO5/c1-23-5-4-16-15(17(23)12-18(28)21(23)29)3-2-13-10-14(27)11-19(20(13)16)31-22(30)26(8-6-24)9-7-25/h10-11,15-17,21,27,29H,2-9,12H2,1H3/t15-,16-,17-,21+,23-/m0/s1. The molecule has 0 saturated heterocycles. The first-order chi connectivity index (χ1) is 14.8. The third-order valence-electron chi connectivity index (χ3n) is 7.72. The molecule has 8 heteroatoms. The fourth-order valence-electron chi connectivity index (χ4n) is 6.18. The smallest absolute Gasteiger partial charge is 0.415 e. The molecule has 2 N–H and O–H groups in total. The van der Waals surface area contributed by atoms with Crippen molar-refractivity contribution in [2.24, 2.45) is 17.3 Å². The largest absolute Gasteiger partial charge is 0.508 e. The monoisotopic (exact) mass is 469 g/mol. The fourth-order valence-corrected chi connectivity index (χ4v) is 6.58. The van der Waals surface area contributed by atoms with Gasteiger partial charge in [0, 0.05) is 48.3 Å². The van der Waals surface area contributed by atoms with Gasteiger partial charge in [-0.1, -0.05) is 6.92 Å². The van der Waals surface area contributed by atoms with Crippen molar-refractivity contribution in [3.63, 3.8) is 0 Å². The molecule has 0 spiro atoms. The molecule has 0 heterocycles. The Hall–Kier alpha value is -1.50. The number of carbonyl (C=O) groups excluding carboxylic acids is 2. The summed E-state index contributed by atoms with van der Waals surface area (Å²) < 4.78 is 5.78. The van der Waals surface area contributed by atoms with E-state index >= 15 is 0 Å². The van der Waals surface area contributed by atoms with Crippen LogP contribution in [0.1, 0.15) is 49.7 Å². The van der Waals surface area contributed by atoms with Gasteiger partial charge in [0.2, 0.25) is 0 Å².